The molecule has 2 N–H and O–H groups in total. The summed E-state index contributed by atoms with van der Waals surface area (Å²) in [6, 6.07) is 5.08. The maximum atomic E-state index is 12.6. The van der Waals surface area contributed by atoms with Gasteiger partial charge in [-0.3, -0.25) is 4.99 Å². The highest BCUT2D eigenvalue weighted by Crippen LogP contribution is 2.22. The number of hydrogen-bond donors (Lipinski definition) is 2. The first-order valence-corrected chi connectivity index (χ1v) is 9.20. The molecule has 1 aromatic heterocycles. The van der Waals surface area contributed by atoms with E-state index in [1.54, 1.807) is 25.2 Å². The number of aromatic nitrogens is 2. The third-order valence-electron chi connectivity index (χ3n) is 3.96. The summed E-state index contributed by atoms with van der Waals surface area (Å²) in [6.45, 7) is 4.01. The average Bonchev–Trinajstić information content (AvgIpc) is 3.12. The Morgan fingerprint density at radius 2 is 2.03 bits per heavy atom. The molecule has 1 heterocycles. The molecule has 2 aromatic rings. The Hall–Kier alpha value is -1.98. The standard InChI is InChI=1S/C19H27F2N5O2.HI/c1-12(2)17-25-16(28-26-17)6-5-9-23-19(22-4)24-11-14-10-13(3)7-8-15(14)27-18(20)21;/h7-8,10,12,18H,5-6,9,11H2,1-4H3,(H2,22,23,24);1H. The number of benzene rings is 1. The number of nitrogens with zero attached hydrogens (tertiary/aromatic N) is 3. The molecular weight excluding hydrogens is 495 g/mol. The van der Waals surface area contributed by atoms with E-state index in [9.17, 15) is 8.78 Å². The molecule has 0 saturated carbocycles. The van der Waals surface area contributed by atoms with Gasteiger partial charge in [0, 0.05) is 38.0 Å². The number of alkyl halides is 2. The van der Waals surface area contributed by atoms with E-state index in [2.05, 4.69) is 30.5 Å². The number of ether oxygens (including phenoxy) is 1. The fourth-order valence-electron chi connectivity index (χ4n) is 2.51. The Balaban J connectivity index is 0.00000420. The van der Waals surface area contributed by atoms with Crippen LogP contribution in [0.15, 0.2) is 27.7 Å². The molecule has 0 atom stereocenters. The second-order valence-electron chi connectivity index (χ2n) is 6.65. The highest BCUT2D eigenvalue weighted by molar-refractivity contribution is 14.0. The normalized spacial score (nSPS) is 11.5. The Kier molecular flexibility index (Phi) is 10.8. The van der Waals surface area contributed by atoms with Gasteiger partial charge in [0.25, 0.3) is 0 Å². The summed E-state index contributed by atoms with van der Waals surface area (Å²) in [4.78, 5) is 8.48. The topological polar surface area (TPSA) is 84.6 Å². The molecule has 0 spiro atoms. The van der Waals surface area contributed by atoms with Crippen molar-refractivity contribution in [2.24, 2.45) is 4.99 Å². The quantitative estimate of drug-likeness (QED) is 0.224. The second-order valence-corrected chi connectivity index (χ2v) is 6.65. The molecule has 29 heavy (non-hydrogen) atoms. The molecule has 0 aliphatic rings. The lowest BCUT2D eigenvalue weighted by Gasteiger charge is -2.15. The first-order valence-electron chi connectivity index (χ1n) is 9.20. The minimum atomic E-state index is -2.86. The van der Waals surface area contributed by atoms with Gasteiger partial charge in [0.15, 0.2) is 11.8 Å². The highest BCUT2D eigenvalue weighted by Gasteiger charge is 2.11. The predicted molar refractivity (Wildman–Crippen MR) is 118 cm³/mol. The lowest BCUT2D eigenvalue weighted by molar-refractivity contribution is -0.0504. The Labute approximate surface area is 186 Å². The van der Waals surface area contributed by atoms with E-state index in [4.69, 9.17) is 4.52 Å². The molecule has 0 aliphatic carbocycles. The minimum Gasteiger partial charge on any atom is -0.434 e. The van der Waals surface area contributed by atoms with Gasteiger partial charge in [0.05, 0.1) is 0 Å². The van der Waals surface area contributed by atoms with Crippen molar-refractivity contribution < 1.29 is 18.0 Å². The first-order chi connectivity index (χ1) is 13.4. The van der Waals surface area contributed by atoms with Crippen molar-refractivity contribution in [3.05, 3.63) is 41.0 Å². The maximum Gasteiger partial charge on any atom is 0.387 e. The van der Waals surface area contributed by atoms with Crippen molar-refractivity contribution in [2.45, 2.75) is 52.7 Å². The van der Waals surface area contributed by atoms with Gasteiger partial charge in [0.2, 0.25) is 5.89 Å². The Morgan fingerprint density at radius 3 is 2.66 bits per heavy atom. The summed E-state index contributed by atoms with van der Waals surface area (Å²) < 4.78 is 34.9. The van der Waals surface area contributed by atoms with Gasteiger partial charge in [-0.25, -0.2) is 0 Å². The molecule has 0 saturated heterocycles. The number of halogens is 3. The van der Waals surface area contributed by atoms with Crippen LogP contribution in [0.5, 0.6) is 5.75 Å². The van der Waals surface area contributed by atoms with Crippen molar-refractivity contribution in [3.8, 4) is 5.75 Å². The molecule has 0 bridgehead atoms. The van der Waals surface area contributed by atoms with Gasteiger partial charge in [0.1, 0.15) is 5.75 Å². The molecule has 10 heteroatoms. The number of nitrogens with one attached hydrogen (secondary N) is 2. The van der Waals surface area contributed by atoms with Crippen molar-refractivity contribution in [1.29, 1.82) is 0 Å². The van der Waals surface area contributed by atoms with Crippen LogP contribution < -0.4 is 15.4 Å². The third kappa shape index (κ3) is 8.50. The SMILES string of the molecule is CN=C(NCCCc1nc(C(C)C)no1)NCc1cc(C)ccc1OC(F)F.I. The third-order valence-corrected chi connectivity index (χ3v) is 3.96. The number of aryl methyl sites for hydroxylation is 2. The highest BCUT2D eigenvalue weighted by atomic mass is 127. The van der Waals surface area contributed by atoms with Crippen LogP contribution in [0.4, 0.5) is 8.78 Å². The fraction of sp³-hybridized carbons (Fsp3) is 0.526. The predicted octanol–water partition coefficient (Wildman–Crippen LogP) is 4.02. The van der Waals surface area contributed by atoms with Crippen molar-refractivity contribution in [1.82, 2.24) is 20.8 Å². The van der Waals surface area contributed by atoms with Crippen LogP contribution in [0.3, 0.4) is 0 Å². The minimum absolute atomic E-state index is 0. The van der Waals surface area contributed by atoms with Crippen LogP contribution in [0.1, 0.15) is 49.0 Å². The van der Waals surface area contributed by atoms with E-state index in [-0.39, 0.29) is 35.6 Å². The van der Waals surface area contributed by atoms with Crippen LogP contribution in [0.2, 0.25) is 0 Å². The van der Waals surface area contributed by atoms with Crippen molar-refractivity contribution in [3.63, 3.8) is 0 Å². The number of guanidine groups is 1. The molecule has 2 rings (SSSR count). The number of hydrogen-bond acceptors (Lipinski definition) is 5. The van der Waals surface area contributed by atoms with Crippen LogP contribution in [0.25, 0.3) is 0 Å². The van der Waals surface area contributed by atoms with E-state index in [1.807, 2.05) is 20.8 Å². The van der Waals surface area contributed by atoms with Gasteiger partial charge < -0.3 is 19.9 Å². The molecule has 162 valence electrons. The van der Waals surface area contributed by atoms with Crippen molar-refractivity contribution in [2.75, 3.05) is 13.6 Å². The lowest BCUT2D eigenvalue weighted by Crippen LogP contribution is -2.37. The molecule has 0 aliphatic heterocycles. The Morgan fingerprint density at radius 1 is 1.28 bits per heavy atom. The maximum absolute atomic E-state index is 12.6. The number of rotatable bonds is 9. The van der Waals surface area contributed by atoms with E-state index in [0.717, 1.165) is 12.0 Å². The van der Waals surface area contributed by atoms with Crippen molar-refractivity contribution >= 4 is 29.9 Å². The Bertz CT molecular complexity index is 784. The molecule has 7 nitrogen and oxygen atoms in total. The zero-order valence-corrected chi connectivity index (χ0v) is 19.4. The summed E-state index contributed by atoms with van der Waals surface area (Å²) >= 11 is 0. The smallest absolute Gasteiger partial charge is 0.387 e. The zero-order chi connectivity index (χ0) is 20.5. The van der Waals surface area contributed by atoms with Gasteiger partial charge in [-0.2, -0.15) is 13.8 Å². The van der Waals surface area contributed by atoms with Crippen LogP contribution in [-0.2, 0) is 13.0 Å². The molecular formula is C19H28F2IN5O2. The first kappa shape index (κ1) is 25.1. The molecule has 0 fully saturated rings. The molecule has 0 radical (unpaired) electrons. The van der Waals surface area contributed by atoms with Gasteiger partial charge in [-0.1, -0.05) is 36.7 Å². The van der Waals surface area contributed by atoms with Crippen LogP contribution in [0, 0.1) is 6.92 Å². The number of aliphatic imine (C=N–C) groups is 1. The molecule has 0 unspecified atom stereocenters. The summed E-state index contributed by atoms with van der Waals surface area (Å²) in [7, 11) is 1.65. The van der Waals surface area contributed by atoms with Crippen LogP contribution >= 0.6 is 24.0 Å². The van der Waals surface area contributed by atoms with E-state index in [1.165, 1.54) is 0 Å². The summed E-state index contributed by atoms with van der Waals surface area (Å²) in [5.41, 5.74) is 1.59. The largest absolute Gasteiger partial charge is 0.434 e. The zero-order valence-electron chi connectivity index (χ0n) is 17.0. The average molecular weight is 523 g/mol. The van der Waals surface area contributed by atoms with E-state index in [0.29, 0.717) is 42.7 Å². The lowest BCUT2D eigenvalue weighted by atomic mass is 10.1. The van der Waals surface area contributed by atoms with E-state index >= 15 is 0 Å². The summed E-state index contributed by atoms with van der Waals surface area (Å²) in [5, 5.41) is 10.2. The fourth-order valence-corrected chi connectivity index (χ4v) is 2.51. The molecule has 1 aromatic carbocycles. The summed E-state index contributed by atoms with van der Waals surface area (Å²) in [6.07, 6.45) is 1.44. The summed E-state index contributed by atoms with van der Waals surface area (Å²) in [5.74, 6) is 2.28. The van der Waals surface area contributed by atoms with Gasteiger partial charge in [-0.15, -0.1) is 24.0 Å². The molecule has 0 amide bonds. The monoisotopic (exact) mass is 523 g/mol. The van der Waals surface area contributed by atoms with Gasteiger partial charge in [-0.05, 0) is 19.4 Å². The van der Waals surface area contributed by atoms with Crippen LogP contribution in [-0.4, -0.2) is 36.3 Å². The van der Waals surface area contributed by atoms with E-state index < -0.39 is 6.61 Å². The second kappa shape index (κ2) is 12.6. The van der Waals surface area contributed by atoms with Gasteiger partial charge >= 0.3 is 6.61 Å².